The van der Waals surface area contributed by atoms with E-state index in [4.69, 9.17) is 0 Å². The molecule has 2 aromatic rings. The Balaban J connectivity index is 1.79. The van der Waals surface area contributed by atoms with Gasteiger partial charge in [-0.25, -0.2) is 0 Å². The van der Waals surface area contributed by atoms with Crippen LogP contribution >= 0.6 is 11.3 Å². The van der Waals surface area contributed by atoms with Gasteiger partial charge in [0.25, 0.3) is 0 Å². The van der Waals surface area contributed by atoms with Crippen molar-refractivity contribution in [3.63, 3.8) is 0 Å². The standard InChI is InChI=1S/C16H19NO2S/c18-12-14(11-13-5-2-1-3-6-13)17-16(19)9-8-15-7-4-10-20-15/h1-7,10,14,18H,8-9,11-12H2,(H,17,19)/t14-/m0/s1. The van der Waals surface area contributed by atoms with Crippen LogP contribution in [-0.4, -0.2) is 23.7 Å². The summed E-state index contributed by atoms with van der Waals surface area (Å²) in [6.07, 6.45) is 1.88. The average molecular weight is 289 g/mol. The normalized spacial score (nSPS) is 12.1. The number of aliphatic hydroxyl groups excluding tert-OH is 1. The highest BCUT2D eigenvalue weighted by atomic mass is 32.1. The van der Waals surface area contributed by atoms with Gasteiger partial charge in [0.2, 0.25) is 5.91 Å². The maximum absolute atomic E-state index is 11.9. The Morgan fingerprint density at radius 2 is 2.00 bits per heavy atom. The van der Waals surface area contributed by atoms with Gasteiger partial charge < -0.3 is 10.4 Å². The molecule has 20 heavy (non-hydrogen) atoms. The molecular weight excluding hydrogens is 270 g/mol. The molecule has 0 unspecified atom stereocenters. The Labute approximate surface area is 123 Å². The highest BCUT2D eigenvalue weighted by Gasteiger charge is 2.12. The fourth-order valence-corrected chi connectivity index (χ4v) is 2.76. The number of hydrogen-bond acceptors (Lipinski definition) is 3. The van der Waals surface area contributed by atoms with Crippen LogP contribution in [-0.2, 0) is 17.6 Å². The number of benzene rings is 1. The van der Waals surface area contributed by atoms with Crippen molar-refractivity contribution in [2.24, 2.45) is 0 Å². The summed E-state index contributed by atoms with van der Waals surface area (Å²) >= 11 is 1.66. The van der Waals surface area contributed by atoms with E-state index in [-0.39, 0.29) is 18.6 Å². The monoisotopic (exact) mass is 289 g/mol. The number of aryl methyl sites for hydroxylation is 1. The number of rotatable bonds is 7. The molecule has 0 saturated carbocycles. The number of aliphatic hydroxyl groups is 1. The van der Waals surface area contributed by atoms with Crippen molar-refractivity contribution in [1.29, 1.82) is 0 Å². The third kappa shape index (κ3) is 4.79. The second-order valence-corrected chi connectivity index (χ2v) is 5.75. The molecule has 0 aliphatic heterocycles. The quantitative estimate of drug-likeness (QED) is 0.822. The Morgan fingerprint density at radius 1 is 1.20 bits per heavy atom. The maximum atomic E-state index is 11.9. The van der Waals surface area contributed by atoms with E-state index in [0.717, 1.165) is 12.0 Å². The first kappa shape index (κ1) is 14.8. The molecule has 1 atom stereocenters. The van der Waals surface area contributed by atoms with Crippen LogP contribution in [0, 0.1) is 0 Å². The number of carbonyl (C=O) groups is 1. The fraction of sp³-hybridized carbons (Fsp3) is 0.312. The van der Waals surface area contributed by atoms with E-state index in [0.29, 0.717) is 12.8 Å². The Bertz CT molecular complexity index is 511. The van der Waals surface area contributed by atoms with E-state index in [2.05, 4.69) is 5.32 Å². The van der Waals surface area contributed by atoms with E-state index in [9.17, 15) is 9.90 Å². The van der Waals surface area contributed by atoms with Crippen molar-refractivity contribution in [2.45, 2.75) is 25.3 Å². The maximum Gasteiger partial charge on any atom is 0.220 e. The van der Waals surface area contributed by atoms with Gasteiger partial charge in [-0.05, 0) is 29.9 Å². The molecular formula is C16H19NO2S. The number of thiophene rings is 1. The van der Waals surface area contributed by atoms with Crippen molar-refractivity contribution in [3.8, 4) is 0 Å². The van der Waals surface area contributed by atoms with Gasteiger partial charge in [0.1, 0.15) is 0 Å². The van der Waals surface area contributed by atoms with Crippen molar-refractivity contribution in [3.05, 3.63) is 58.3 Å². The lowest BCUT2D eigenvalue weighted by molar-refractivity contribution is -0.122. The summed E-state index contributed by atoms with van der Waals surface area (Å²) in [6.45, 7) is -0.0420. The van der Waals surface area contributed by atoms with Crippen LogP contribution in [0.5, 0.6) is 0 Å². The number of hydrogen-bond donors (Lipinski definition) is 2. The highest BCUT2D eigenvalue weighted by molar-refractivity contribution is 7.09. The van der Waals surface area contributed by atoms with E-state index >= 15 is 0 Å². The molecule has 2 N–H and O–H groups in total. The van der Waals surface area contributed by atoms with Gasteiger partial charge in [0, 0.05) is 11.3 Å². The summed E-state index contributed by atoms with van der Waals surface area (Å²) in [6, 6.07) is 13.7. The molecule has 0 fully saturated rings. The summed E-state index contributed by atoms with van der Waals surface area (Å²) in [5, 5.41) is 14.3. The van der Waals surface area contributed by atoms with Gasteiger partial charge in [-0.15, -0.1) is 11.3 Å². The second kappa shape index (κ2) is 7.82. The van der Waals surface area contributed by atoms with Crippen LogP contribution in [0.3, 0.4) is 0 Å². The lowest BCUT2D eigenvalue weighted by atomic mass is 10.1. The third-order valence-corrected chi connectivity index (χ3v) is 4.03. The van der Waals surface area contributed by atoms with E-state index in [1.54, 1.807) is 11.3 Å². The lowest BCUT2D eigenvalue weighted by Gasteiger charge is -2.16. The fourth-order valence-electron chi connectivity index (χ4n) is 2.05. The molecule has 106 valence electrons. The van der Waals surface area contributed by atoms with E-state index in [1.165, 1.54) is 4.88 Å². The smallest absolute Gasteiger partial charge is 0.220 e. The van der Waals surface area contributed by atoms with Crippen molar-refractivity contribution < 1.29 is 9.90 Å². The number of carbonyl (C=O) groups excluding carboxylic acids is 1. The van der Waals surface area contributed by atoms with Crippen LogP contribution in [0.4, 0.5) is 0 Å². The van der Waals surface area contributed by atoms with Crippen LogP contribution in [0.15, 0.2) is 47.8 Å². The van der Waals surface area contributed by atoms with Gasteiger partial charge >= 0.3 is 0 Å². The lowest BCUT2D eigenvalue weighted by Crippen LogP contribution is -2.39. The summed E-state index contributed by atoms with van der Waals surface area (Å²) in [7, 11) is 0. The Hall–Kier alpha value is -1.65. The Morgan fingerprint density at radius 3 is 2.65 bits per heavy atom. The molecule has 1 aromatic heterocycles. The SMILES string of the molecule is O=C(CCc1cccs1)N[C@H](CO)Cc1ccccc1. The first-order valence-corrected chi connectivity index (χ1v) is 7.62. The summed E-state index contributed by atoms with van der Waals surface area (Å²) in [5.74, 6) is -0.00613. The summed E-state index contributed by atoms with van der Waals surface area (Å²) in [4.78, 5) is 13.1. The Kier molecular flexibility index (Phi) is 5.77. The zero-order valence-corrected chi connectivity index (χ0v) is 12.1. The molecule has 1 heterocycles. The van der Waals surface area contributed by atoms with E-state index < -0.39 is 0 Å². The van der Waals surface area contributed by atoms with Crippen LogP contribution in [0.2, 0.25) is 0 Å². The highest BCUT2D eigenvalue weighted by Crippen LogP contribution is 2.11. The van der Waals surface area contributed by atoms with Gasteiger partial charge in [-0.2, -0.15) is 0 Å². The number of amides is 1. The molecule has 0 aliphatic rings. The van der Waals surface area contributed by atoms with Gasteiger partial charge in [-0.3, -0.25) is 4.79 Å². The molecule has 4 heteroatoms. The first-order chi connectivity index (χ1) is 9.78. The minimum absolute atomic E-state index is 0.00613. The second-order valence-electron chi connectivity index (χ2n) is 4.72. The average Bonchev–Trinajstić information content (AvgIpc) is 2.99. The van der Waals surface area contributed by atoms with E-state index in [1.807, 2.05) is 47.8 Å². The minimum Gasteiger partial charge on any atom is -0.394 e. The zero-order chi connectivity index (χ0) is 14.2. The molecule has 0 saturated heterocycles. The minimum atomic E-state index is -0.215. The van der Waals surface area contributed by atoms with Crippen molar-refractivity contribution >= 4 is 17.2 Å². The zero-order valence-electron chi connectivity index (χ0n) is 11.3. The molecule has 1 amide bonds. The molecule has 0 spiro atoms. The predicted octanol–water partition coefficient (Wildman–Crippen LogP) is 2.40. The van der Waals surface area contributed by atoms with Crippen LogP contribution in [0.25, 0.3) is 0 Å². The van der Waals surface area contributed by atoms with Crippen LogP contribution in [0.1, 0.15) is 16.9 Å². The van der Waals surface area contributed by atoms with Gasteiger partial charge in [0.05, 0.1) is 12.6 Å². The van der Waals surface area contributed by atoms with Gasteiger partial charge in [0.15, 0.2) is 0 Å². The first-order valence-electron chi connectivity index (χ1n) is 6.74. The summed E-state index contributed by atoms with van der Waals surface area (Å²) < 4.78 is 0. The largest absolute Gasteiger partial charge is 0.394 e. The molecule has 1 aromatic carbocycles. The molecule has 0 bridgehead atoms. The number of nitrogens with one attached hydrogen (secondary N) is 1. The molecule has 0 radical (unpaired) electrons. The summed E-state index contributed by atoms with van der Waals surface area (Å²) in [5.41, 5.74) is 1.12. The molecule has 3 nitrogen and oxygen atoms in total. The van der Waals surface area contributed by atoms with Crippen LogP contribution < -0.4 is 5.32 Å². The molecule has 0 aliphatic carbocycles. The third-order valence-electron chi connectivity index (χ3n) is 3.09. The van der Waals surface area contributed by atoms with Crippen molar-refractivity contribution in [2.75, 3.05) is 6.61 Å². The van der Waals surface area contributed by atoms with Gasteiger partial charge in [-0.1, -0.05) is 36.4 Å². The topological polar surface area (TPSA) is 49.3 Å². The van der Waals surface area contributed by atoms with Crippen molar-refractivity contribution in [1.82, 2.24) is 5.32 Å². The molecule has 2 rings (SSSR count). The predicted molar refractivity (Wildman–Crippen MR) is 81.8 cm³/mol.